The number of unbranched alkanes of at least 4 members (excludes halogenated alkanes) is 2. The molecule has 0 fully saturated rings. The Morgan fingerprint density at radius 2 is 1.70 bits per heavy atom. The molecule has 0 amide bonds. The Labute approximate surface area is 139 Å². The second-order valence-corrected chi connectivity index (χ2v) is 5.49. The fraction of sp³-hybridized carbons (Fsp3) is 0.400. The van der Waals surface area contributed by atoms with Gasteiger partial charge in [0.2, 0.25) is 0 Å². The highest BCUT2D eigenvalue weighted by molar-refractivity contribution is 5.42. The molecule has 0 aliphatic carbocycles. The average Bonchev–Trinajstić information content (AvgIpc) is 2.60. The first-order chi connectivity index (χ1) is 11.3. The van der Waals surface area contributed by atoms with Gasteiger partial charge in [-0.3, -0.25) is 0 Å². The predicted molar refractivity (Wildman–Crippen MR) is 93.5 cm³/mol. The van der Waals surface area contributed by atoms with Crippen LogP contribution in [0.15, 0.2) is 36.4 Å². The van der Waals surface area contributed by atoms with Crippen LogP contribution in [0.4, 0.5) is 0 Å². The molecule has 3 heteroatoms. The van der Waals surface area contributed by atoms with E-state index in [1.807, 2.05) is 36.4 Å². The Hall–Kier alpha value is -2.34. The van der Waals surface area contributed by atoms with Gasteiger partial charge in [0.1, 0.15) is 11.4 Å². The van der Waals surface area contributed by atoms with Gasteiger partial charge in [-0.2, -0.15) is 5.10 Å². The lowest BCUT2D eigenvalue weighted by Gasteiger charge is -2.03. The van der Waals surface area contributed by atoms with Crippen LogP contribution in [-0.4, -0.2) is 16.8 Å². The lowest BCUT2D eigenvalue weighted by Crippen LogP contribution is -1.95. The molecule has 0 aliphatic heterocycles. The van der Waals surface area contributed by atoms with Crippen molar-refractivity contribution in [3.8, 4) is 17.6 Å². The Kier molecular flexibility index (Phi) is 7.13. The van der Waals surface area contributed by atoms with E-state index in [1.165, 1.54) is 19.3 Å². The maximum atomic E-state index is 5.56. The normalized spacial score (nSPS) is 10.0. The summed E-state index contributed by atoms with van der Waals surface area (Å²) < 4.78 is 5.56. The van der Waals surface area contributed by atoms with Gasteiger partial charge in [0.05, 0.1) is 12.3 Å². The van der Waals surface area contributed by atoms with Gasteiger partial charge < -0.3 is 4.74 Å². The third-order valence-electron chi connectivity index (χ3n) is 3.42. The number of hydrogen-bond donors (Lipinski definition) is 0. The van der Waals surface area contributed by atoms with Gasteiger partial charge >= 0.3 is 0 Å². The molecule has 1 aromatic heterocycles. The van der Waals surface area contributed by atoms with E-state index in [-0.39, 0.29) is 0 Å². The highest BCUT2D eigenvalue weighted by atomic mass is 16.5. The molecule has 0 aliphatic rings. The molecule has 2 aromatic rings. The lowest BCUT2D eigenvalue weighted by molar-refractivity contribution is 0.317. The summed E-state index contributed by atoms with van der Waals surface area (Å²) in [4.78, 5) is 0. The zero-order valence-electron chi connectivity index (χ0n) is 14.0. The zero-order chi connectivity index (χ0) is 16.3. The van der Waals surface area contributed by atoms with Crippen molar-refractivity contribution < 1.29 is 4.74 Å². The Bertz CT molecular complexity index is 636. The highest BCUT2D eigenvalue weighted by Crippen LogP contribution is 2.11. The molecule has 120 valence electrons. The third kappa shape index (κ3) is 6.12. The van der Waals surface area contributed by atoms with Gasteiger partial charge in [0.25, 0.3) is 0 Å². The van der Waals surface area contributed by atoms with Crippen LogP contribution in [0.25, 0.3) is 0 Å². The van der Waals surface area contributed by atoms with Crippen molar-refractivity contribution in [1.29, 1.82) is 0 Å². The van der Waals surface area contributed by atoms with Crippen molar-refractivity contribution >= 4 is 0 Å². The summed E-state index contributed by atoms with van der Waals surface area (Å²) in [6, 6.07) is 11.8. The van der Waals surface area contributed by atoms with Crippen molar-refractivity contribution in [2.45, 2.75) is 46.0 Å². The number of aromatic nitrogens is 2. The minimum absolute atomic E-state index is 0.704. The van der Waals surface area contributed by atoms with E-state index in [0.29, 0.717) is 5.69 Å². The van der Waals surface area contributed by atoms with Crippen molar-refractivity contribution in [1.82, 2.24) is 10.2 Å². The fourth-order valence-electron chi connectivity index (χ4n) is 2.11. The number of hydrogen-bond acceptors (Lipinski definition) is 3. The first-order valence-electron chi connectivity index (χ1n) is 8.39. The van der Waals surface area contributed by atoms with Crippen LogP contribution in [-0.2, 0) is 6.42 Å². The van der Waals surface area contributed by atoms with E-state index in [4.69, 9.17) is 4.74 Å². The second kappa shape index (κ2) is 9.63. The Morgan fingerprint density at radius 1 is 0.870 bits per heavy atom. The molecular weight excluding hydrogens is 284 g/mol. The van der Waals surface area contributed by atoms with Crippen LogP contribution in [0.3, 0.4) is 0 Å². The Balaban J connectivity index is 1.93. The molecule has 1 aromatic carbocycles. The first kappa shape index (κ1) is 17.0. The van der Waals surface area contributed by atoms with E-state index in [0.717, 1.165) is 36.5 Å². The average molecular weight is 308 g/mol. The van der Waals surface area contributed by atoms with Gasteiger partial charge in [0, 0.05) is 5.56 Å². The van der Waals surface area contributed by atoms with Crippen molar-refractivity contribution in [2.24, 2.45) is 0 Å². The van der Waals surface area contributed by atoms with Gasteiger partial charge in [-0.15, -0.1) is 5.10 Å². The predicted octanol–water partition coefficient (Wildman–Crippen LogP) is 4.40. The summed E-state index contributed by atoms with van der Waals surface area (Å²) in [5, 5.41) is 8.42. The number of nitrogens with zero attached hydrogens (tertiary/aromatic N) is 2. The maximum Gasteiger partial charge on any atom is 0.136 e. The van der Waals surface area contributed by atoms with Crippen LogP contribution < -0.4 is 4.74 Å². The van der Waals surface area contributed by atoms with Crippen LogP contribution in [0, 0.1) is 11.8 Å². The van der Waals surface area contributed by atoms with Crippen LogP contribution in [0.5, 0.6) is 5.75 Å². The third-order valence-corrected chi connectivity index (χ3v) is 3.42. The highest BCUT2D eigenvalue weighted by Gasteiger charge is 1.97. The monoisotopic (exact) mass is 308 g/mol. The standard InChI is InChI=1S/C20H24N2O/c1-3-5-6-7-18-12-13-19(22-21-18)11-8-17-9-14-20(15-10-17)23-16-4-2/h9-10,12-15H,3-7,16H2,1-2H3. The minimum atomic E-state index is 0.704. The molecule has 23 heavy (non-hydrogen) atoms. The van der Waals surface area contributed by atoms with Gasteiger partial charge in [-0.1, -0.05) is 32.6 Å². The summed E-state index contributed by atoms with van der Waals surface area (Å²) >= 11 is 0. The SMILES string of the molecule is CCCCCc1ccc(C#Cc2ccc(OCCC)cc2)nn1. The smallest absolute Gasteiger partial charge is 0.136 e. The Morgan fingerprint density at radius 3 is 2.35 bits per heavy atom. The molecule has 0 bridgehead atoms. The van der Waals surface area contributed by atoms with Gasteiger partial charge in [-0.05, 0) is 61.6 Å². The molecule has 0 saturated carbocycles. The second-order valence-electron chi connectivity index (χ2n) is 5.49. The molecular formula is C20H24N2O. The fourth-order valence-corrected chi connectivity index (χ4v) is 2.11. The van der Waals surface area contributed by atoms with Crippen molar-refractivity contribution in [3.63, 3.8) is 0 Å². The molecule has 3 nitrogen and oxygen atoms in total. The van der Waals surface area contributed by atoms with Crippen LogP contribution >= 0.6 is 0 Å². The van der Waals surface area contributed by atoms with E-state index >= 15 is 0 Å². The van der Waals surface area contributed by atoms with E-state index in [1.54, 1.807) is 0 Å². The summed E-state index contributed by atoms with van der Waals surface area (Å²) in [5.74, 6) is 7.04. The number of ether oxygens (including phenoxy) is 1. The molecule has 0 spiro atoms. The molecule has 0 saturated heterocycles. The first-order valence-corrected chi connectivity index (χ1v) is 8.39. The molecule has 0 unspecified atom stereocenters. The van der Waals surface area contributed by atoms with Crippen molar-refractivity contribution in [3.05, 3.63) is 53.3 Å². The van der Waals surface area contributed by atoms with E-state index in [2.05, 4.69) is 35.9 Å². The summed E-state index contributed by atoms with van der Waals surface area (Å²) in [5.41, 5.74) is 2.69. The molecule has 2 rings (SSSR count). The maximum absolute atomic E-state index is 5.56. The van der Waals surface area contributed by atoms with Crippen LogP contribution in [0.1, 0.15) is 56.5 Å². The largest absolute Gasteiger partial charge is 0.494 e. The zero-order valence-corrected chi connectivity index (χ0v) is 14.0. The number of rotatable bonds is 7. The van der Waals surface area contributed by atoms with Crippen molar-refractivity contribution in [2.75, 3.05) is 6.61 Å². The summed E-state index contributed by atoms with van der Waals surface area (Å²) in [6.45, 7) is 5.04. The van der Waals surface area contributed by atoms with Crippen LogP contribution in [0.2, 0.25) is 0 Å². The number of aryl methyl sites for hydroxylation is 1. The van der Waals surface area contributed by atoms with E-state index in [9.17, 15) is 0 Å². The van der Waals surface area contributed by atoms with E-state index < -0.39 is 0 Å². The van der Waals surface area contributed by atoms with Gasteiger partial charge in [-0.25, -0.2) is 0 Å². The molecule has 0 N–H and O–H groups in total. The molecule has 1 heterocycles. The topological polar surface area (TPSA) is 35.0 Å². The summed E-state index contributed by atoms with van der Waals surface area (Å²) in [7, 11) is 0. The molecule has 0 atom stereocenters. The lowest BCUT2D eigenvalue weighted by atomic mass is 10.1. The minimum Gasteiger partial charge on any atom is -0.494 e. The number of benzene rings is 1. The summed E-state index contributed by atoms with van der Waals surface area (Å²) in [6.07, 6.45) is 5.63. The quantitative estimate of drug-likeness (QED) is 0.562. The molecule has 0 radical (unpaired) electrons. The van der Waals surface area contributed by atoms with Gasteiger partial charge in [0.15, 0.2) is 0 Å².